The van der Waals surface area contributed by atoms with Gasteiger partial charge in [0.1, 0.15) is 0 Å². The van der Waals surface area contributed by atoms with Crippen LogP contribution in [0.5, 0.6) is 0 Å². The van der Waals surface area contributed by atoms with Crippen molar-refractivity contribution in [2.75, 3.05) is 32.3 Å². The van der Waals surface area contributed by atoms with Crippen LogP contribution in [0.25, 0.3) is 0 Å². The Kier molecular flexibility index (Phi) is 7.44. The molecule has 1 amide bonds. The van der Waals surface area contributed by atoms with Gasteiger partial charge in [-0.2, -0.15) is 4.31 Å². The third-order valence-corrected chi connectivity index (χ3v) is 6.70. The lowest BCUT2D eigenvalue weighted by Gasteiger charge is -2.32. The van der Waals surface area contributed by atoms with Gasteiger partial charge in [0, 0.05) is 26.0 Å². The number of carbonyl (C=O) groups excluding carboxylic acids is 1. The largest absolute Gasteiger partial charge is 0.342 e. The third-order valence-electron chi connectivity index (χ3n) is 4.11. The fraction of sp³-hybridized carbons (Fsp3) is 0.929. The second-order valence-electron chi connectivity index (χ2n) is 6.09. The van der Waals surface area contributed by atoms with E-state index in [1.807, 2.05) is 0 Å². The van der Waals surface area contributed by atoms with E-state index in [1.165, 1.54) is 13.5 Å². The van der Waals surface area contributed by atoms with Crippen LogP contribution in [0.3, 0.4) is 0 Å². The number of rotatable bonds is 7. The molecule has 1 saturated carbocycles. The Bertz CT molecular complexity index is 436. The number of sulfonamides is 1. The van der Waals surface area contributed by atoms with Crippen molar-refractivity contribution in [1.82, 2.24) is 9.21 Å². The van der Waals surface area contributed by atoms with Crippen molar-refractivity contribution in [2.24, 2.45) is 5.92 Å². The van der Waals surface area contributed by atoms with Gasteiger partial charge in [0.2, 0.25) is 15.9 Å². The van der Waals surface area contributed by atoms with Gasteiger partial charge in [0.05, 0.1) is 12.3 Å². The highest BCUT2D eigenvalue weighted by Gasteiger charge is 2.27. The summed E-state index contributed by atoms with van der Waals surface area (Å²) in [6.07, 6.45) is 5.54. The lowest BCUT2D eigenvalue weighted by atomic mass is 9.94. The smallest absolute Gasteiger partial charge is 0.237 e. The summed E-state index contributed by atoms with van der Waals surface area (Å²) in [5.41, 5.74) is 0. The van der Waals surface area contributed by atoms with Crippen molar-refractivity contribution in [3.63, 3.8) is 0 Å². The van der Waals surface area contributed by atoms with Gasteiger partial charge in [-0.05, 0) is 18.8 Å². The molecule has 21 heavy (non-hydrogen) atoms. The Balaban J connectivity index is 2.56. The van der Waals surface area contributed by atoms with Crippen LogP contribution in [-0.2, 0) is 14.8 Å². The molecule has 1 fully saturated rings. The molecule has 0 saturated heterocycles. The van der Waals surface area contributed by atoms with Gasteiger partial charge in [-0.25, -0.2) is 8.42 Å². The van der Waals surface area contributed by atoms with E-state index in [1.54, 1.807) is 18.9 Å². The number of nitrogens with zero attached hydrogens (tertiary/aromatic N) is 2. The topological polar surface area (TPSA) is 57.7 Å². The molecule has 1 rings (SSSR count). The van der Waals surface area contributed by atoms with Crippen molar-refractivity contribution >= 4 is 27.5 Å². The predicted molar refractivity (Wildman–Crippen MR) is 85.9 cm³/mol. The molecule has 0 radical (unpaired) electrons. The van der Waals surface area contributed by atoms with E-state index in [4.69, 9.17) is 11.6 Å². The maximum absolute atomic E-state index is 12.2. The molecule has 0 bridgehead atoms. The molecule has 0 N–H and O–H groups in total. The zero-order valence-electron chi connectivity index (χ0n) is 13.2. The summed E-state index contributed by atoms with van der Waals surface area (Å²) >= 11 is 5.66. The summed E-state index contributed by atoms with van der Waals surface area (Å²) in [5.74, 6) is 0.0213. The van der Waals surface area contributed by atoms with Gasteiger partial charge >= 0.3 is 0 Å². The Morgan fingerprint density at radius 3 is 2.33 bits per heavy atom. The molecule has 0 aromatic carbocycles. The van der Waals surface area contributed by atoms with Gasteiger partial charge < -0.3 is 4.90 Å². The number of halogens is 1. The molecule has 1 atom stereocenters. The minimum Gasteiger partial charge on any atom is -0.342 e. The Morgan fingerprint density at radius 1 is 1.24 bits per heavy atom. The lowest BCUT2D eigenvalue weighted by Crippen LogP contribution is -2.45. The first-order valence-electron chi connectivity index (χ1n) is 7.53. The van der Waals surface area contributed by atoms with Crippen molar-refractivity contribution in [3.05, 3.63) is 0 Å². The molecular formula is C14H27ClN2O3S. The number of carbonyl (C=O) groups is 1. The molecule has 0 spiro atoms. The highest BCUT2D eigenvalue weighted by Crippen LogP contribution is 2.21. The Hall–Kier alpha value is -0.330. The summed E-state index contributed by atoms with van der Waals surface area (Å²) in [6, 6.07) is 0.254. The molecule has 124 valence electrons. The van der Waals surface area contributed by atoms with E-state index in [-0.39, 0.29) is 30.2 Å². The van der Waals surface area contributed by atoms with Gasteiger partial charge in [-0.1, -0.05) is 26.2 Å². The summed E-state index contributed by atoms with van der Waals surface area (Å²) in [5, 5.41) is 0. The number of hydrogen-bond donors (Lipinski definition) is 0. The fourth-order valence-corrected chi connectivity index (χ4v) is 4.24. The summed E-state index contributed by atoms with van der Waals surface area (Å²) in [4.78, 5) is 14.0. The van der Waals surface area contributed by atoms with Crippen molar-refractivity contribution in [3.8, 4) is 0 Å². The van der Waals surface area contributed by atoms with Crippen molar-refractivity contribution in [1.29, 1.82) is 0 Å². The average molecular weight is 339 g/mol. The van der Waals surface area contributed by atoms with Gasteiger partial charge in [-0.3, -0.25) is 4.79 Å². The van der Waals surface area contributed by atoms with E-state index < -0.39 is 10.0 Å². The first-order valence-corrected chi connectivity index (χ1v) is 9.68. The molecule has 0 heterocycles. The van der Waals surface area contributed by atoms with Gasteiger partial charge in [0.25, 0.3) is 0 Å². The quantitative estimate of drug-likeness (QED) is 0.666. The van der Waals surface area contributed by atoms with Crippen molar-refractivity contribution < 1.29 is 13.2 Å². The molecule has 1 unspecified atom stereocenters. The number of alkyl halides is 1. The van der Waals surface area contributed by atoms with Crippen LogP contribution in [-0.4, -0.2) is 61.8 Å². The van der Waals surface area contributed by atoms with Gasteiger partial charge in [-0.15, -0.1) is 11.6 Å². The normalized spacial score (nSPS) is 18.7. The summed E-state index contributed by atoms with van der Waals surface area (Å²) in [7, 11) is -0.190. The molecule has 1 aliphatic carbocycles. The van der Waals surface area contributed by atoms with E-state index in [0.717, 1.165) is 30.0 Å². The number of hydrogen-bond acceptors (Lipinski definition) is 3. The van der Waals surface area contributed by atoms with Crippen LogP contribution in [0.2, 0.25) is 0 Å². The molecule has 5 nitrogen and oxygen atoms in total. The Morgan fingerprint density at radius 2 is 1.81 bits per heavy atom. The highest BCUT2D eigenvalue weighted by molar-refractivity contribution is 7.89. The third kappa shape index (κ3) is 5.75. The van der Waals surface area contributed by atoms with Crippen LogP contribution in [0.1, 0.15) is 39.0 Å². The molecule has 1 aliphatic rings. The van der Waals surface area contributed by atoms with Crippen LogP contribution < -0.4 is 0 Å². The average Bonchev–Trinajstić information content (AvgIpc) is 2.46. The number of amides is 1. The first-order chi connectivity index (χ1) is 9.77. The van der Waals surface area contributed by atoms with Crippen LogP contribution in [0, 0.1) is 5.92 Å². The van der Waals surface area contributed by atoms with E-state index >= 15 is 0 Å². The zero-order valence-corrected chi connectivity index (χ0v) is 14.8. The monoisotopic (exact) mass is 338 g/mol. The van der Waals surface area contributed by atoms with Gasteiger partial charge in [0.15, 0.2) is 0 Å². The molecule has 0 aromatic rings. The van der Waals surface area contributed by atoms with Crippen LogP contribution in [0.4, 0.5) is 0 Å². The predicted octanol–water partition coefficient (Wildman–Crippen LogP) is 1.91. The van der Waals surface area contributed by atoms with Crippen LogP contribution >= 0.6 is 11.6 Å². The van der Waals surface area contributed by atoms with E-state index in [9.17, 15) is 13.2 Å². The minimum absolute atomic E-state index is 0.0204. The number of likely N-dealkylation sites (N-methyl/N-ethyl adjacent to an activating group) is 2. The Labute approximate surface area is 133 Å². The molecular weight excluding hydrogens is 312 g/mol. The standard InChI is InChI=1S/C14H27ClN2O3S/c1-12(9-15)11-21(19,20)16(2)10-14(18)17(3)13-7-5-4-6-8-13/h12-13H,4-11H2,1-3H3. The van der Waals surface area contributed by atoms with Crippen molar-refractivity contribution in [2.45, 2.75) is 45.1 Å². The second-order valence-corrected chi connectivity index (χ2v) is 8.52. The summed E-state index contributed by atoms with van der Waals surface area (Å²) < 4.78 is 25.4. The fourth-order valence-electron chi connectivity index (χ4n) is 2.60. The maximum atomic E-state index is 12.2. The minimum atomic E-state index is -3.43. The highest BCUT2D eigenvalue weighted by atomic mass is 35.5. The summed E-state index contributed by atoms with van der Waals surface area (Å²) in [6.45, 7) is 1.69. The van der Waals surface area contributed by atoms with E-state index in [2.05, 4.69) is 0 Å². The maximum Gasteiger partial charge on any atom is 0.237 e. The lowest BCUT2D eigenvalue weighted by molar-refractivity contribution is -0.132. The molecule has 0 aliphatic heterocycles. The van der Waals surface area contributed by atoms with E-state index in [0.29, 0.717) is 5.88 Å². The molecule has 7 heteroatoms. The van der Waals surface area contributed by atoms with Crippen LogP contribution in [0.15, 0.2) is 0 Å². The zero-order chi connectivity index (χ0) is 16.0. The SMILES string of the molecule is CC(CCl)CS(=O)(=O)N(C)CC(=O)N(C)C1CCCCC1. The first kappa shape index (κ1) is 18.7. The molecule has 0 aromatic heterocycles. The second kappa shape index (κ2) is 8.34.